The molecule has 4 atom stereocenters. The zero-order chi connectivity index (χ0) is 9.14. The molecule has 0 aliphatic carbocycles. The van der Waals surface area contributed by atoms with Gasteiger partial charge in [0.1, 0.15) is 0 Å². The van der Waals surface area contributed by atoms with Gasteiger partial charge in [-0.1, -0.05) is 0 Å². The molecule has 0 aromatic carbocycles. The highest BCUT2D eigenvalue weighted by molar-refractivity contribution is 4.84. The van der Waals surface area contributed by atoms with Crippen LogP contribution in [0.5, 0.6) is 0 Å². The summed E-state index contributed by atoms with van der Waals surface area (Å²) in [4.78, 5) is 0. The Hall–Kier alpha value is -0.160. The van der Waals surface area contributed by atoms with Crippen molar-refractivity contribution in [3.63, 3.8) is 0 Å². The van der Waals surface area contributed by atoms with Gasteiger partial charge >= 0.3 is 0 Å². The van der Waals surface area contributed by atoms with Crippen LogP contribution in [0, 0.1) is 0 Å². The fourth-order valence-corrected chi connectivity index (χ4v) is 1.49. The Labute approximate surface area is 72.9 Å². The van der Waals surface area contributed by atoms with E-state index in [4.69, 9.17) is 9.47 Å². The van der Waals surface area contributed by atoms with E-state index in [2.05, 4.69) is 5.32 Å². The average molecular weight is 175 g/mol. The quantitative estimate of drug-likeness (QED) is 0.606. The SMILES string of the molecule is CNC1CC(OC)OC(C)C1O. The summed E-state index contributed by atoms with van der Waals surface area (Å²) in [6.07, 6.45) is -0.109. The molecule has 4 unspecified atom stereocenters. The van der Waals surface area contributed by atoms with Crippen molar-refractivity contribution >= 4 is 0 Å². The monoisotopic (exact) mass is 175 g/mol. The number of methoxy groups -OCH3 is 1. The fraction of sp³-hybridized carbons (Fsp3) is 1.00. The maximum atomic E-state index is 9.61. The van der Waals surface area contributed by atoms with Crippen LogP contribution in [0.15, 0.2) is 0 Å². The Bertz CT molecular complexity index is 142. The molecule has 1 rings (SSSR count). The van der Waals surface area contributed by atoms with Crippen LogP contribution < -0.4 is 5.32 Å². The third-order valence-electron chi connectivity index (χ3n) is 2.34. The summed E-state index contributed by atoms with van der Waals surface area (Å²) in [6.45, 7) is 1.85. The summed E-state index contributed by atoms with van der Waals surface area (Å²) in [5, 5.41) is 12.6. The zero-order valence-electron chi connectivity index (χ0n) is 7.78. The topological polar surface area (TPSA) is 50.7 Å². The molecule has 0 saturated carbocycles. The second-order valence-electron chi connectivity index (χ2n) is 3.13. The molecule has 12 heavy (non-hydrogen) atoms. The molecule has 4 heteroatoms. The van der Waals surface area contributed by atoms with Crippen molar-refractivity contribution in [1.29, 1.82) is 0 Å². The van der Waals surface area contributed by atoms with Crippen LogP contribution in [0.1, 0.15) is 13.3 Å². The Balaban J connectivity index is 2.52. The largest absolute Gasteiger partial charge is 0.389 e. The zero-order valence-corrected chi connectivity index (χ0v) is 7.78. The van der Waals surface area contributed by atoms with Crippen LogP contribution in [0.3, 0.4) is 0 Å². The van der Waals surface area contributed by atoms with Crippen LogP contribution in [-0.4, -0.2) is 43.8 Å². The molecule has 0 amide bonds. The van der Waals surface area contributed by atoms with Crippen molar-refractivity contribution in [2.24, 2.45) is 0 Å². The number of aliphatic hydroxyl groups is 1. The van der Waals surface area contributed by atoms with Gasteiger partial charge in [0.25, 0.3) is 0 Å². The van der Waals surface area contributed by atoms with Crippen LogP contribution in [-0.2, 0) is 9.47 Å². The van der Waals surface area contributed by atoms with Gasteiger partial charge in [0.05, 0.1) is 12.2 Å². The summed E-state index contributed by atoms with van der Waals surface area (Å²) in [6, 6.07) is 0.0682. The molecular formula is C8H17NO3. The van der Waals surface area contributed by atoms with Gasteiger partial charge in [0.15, 0.2) is 6.29 Å². The number of hydrogen-bond acceptors (Lipinski definition) is 4. The van der Waals surface area contributed by atoms with Crippen LogP contribution >= 0.6 is 0 Å². The molecule has 0 bridgehead atoms. The van der Waals surface area contributed by atoms with Gasteiger partial charge in [-0.3, -0.25) is 0 Å². The van der Waals surface area contributed by atoms with Crippen molar-refractivity contribution in [3.05, 3.63) is 0 Å². The van der Waals surface area contributed by atoms with E-state index in [0.29, 0.717) is 6.42 Å². The number of aliphatic hydroxyl groups excluding tert-OH is 1. The molecule has 0 radical (unpaired) electrons. The van der Waals surface area contributed by atoms with Gasteiger partial charge in [-0.15, -0.1) is 0 Å². The van der Waals surface area contributed by atoms with E-state index in [-0.39, 0.29) is 18.4 Å². The second-order valence-corrected chi connectivity index (χ2v) is 3.13. The molecule has 1 aliphatic heterocycles. The summed E-state index contributed by atoms with van der Waals surface area (Å²) in [5.41, 5.74) is 0. The van der Waals surface area contributed by atoms with Crippen molar-refractivity contribution < 1.29 is 14.6 Å². The molecule has 0 aromatic rings. The van der Waals surface area contributed by atoms with E-state index >= 15 is 0 Å². The van der Waals surface area contributed by atoms with Gasteiger partial charge in [-0.25, -0.2) is 0 Å². The highest BCUT2D eigenvalue weighted by Crippen LogP contribution is 2.19. The van der Waals surface area contributed by atoms with Gasteiger partial charge in [0.2, 0.25) is 0 Å². The second kappa shape index (κ2) is 4.18. The number of hydrogen-bond donors (Lipinski definition) is 2. The molecule has 1 saturated heterocycles. The summed E-state index contributed by atoms with van der Waals surface area (Å²) < 4.78 is 10.4. The van der Waals surface area contributed by atoms with E-state index in [1.54, 1.807) is 7.11 Å². The van der Waals surface area contributed by atoms with Gasteiger partial charge < -0.3 is 19.9 Å². The lowest BCUT2D eigenvalue weighted by molar-refractivity contribution is -0.214. The molecule has 4 nitrogen and oxygen atoms in total. The number of rotatable bonds is 2. The van der Waals surface area contributed by atoms with E-state index in [1.165, 1.54) is 0 Å². The van der Waals surface area contributed by atoms with Gasteiger partial charge in [-0.05, 0) is 14.0 Å². The maximum Gasteiger partial charge on any atom is 0.159 e. The maximum absolute atomic E-state index is 9.61. The molecule has 1 aliphatic rings. The first-order valence-electron chi connectivity index (χ1n) is 4.22. The number of nitrogens with one attached hydrogen (secondary N) is 1. The molecule has 1 heterocycles. The first-order chi connectivity index (χ1) is 5.69. The highest BCUT2D eigenvalue weighted by Gasteiger charge is 2.34. The Morgan fingerprint density at radius 1 is 1.58 bits per heavy atom. The Morgan fingerprint density at radius 2 is 2.25 bits per heavy atom. The summed E-state index contributed by atoms with van der Waals surface area (Å²) in [5.74, 6) is 0. The van der Waals surface area contributed by atoms with E-state index in [1.807, 2.05) is 14.0 Å². The minimum absolute atomic E-state index is 0.0682. The Kier molecular flexibility index (Phi) is 3.46. The third-order valence-corrected chi connectivity index (χ3v) is 2.34. The van der Waals surface area contributed by atoms with Crippen molar-refractivity contribution in [1.82, 2.24) is 5.32 Å². The standard InChI is InChI=1S/C8H17NO3/c1-5-8(10)6(9-2)4-7(11-3)12-5/h5-10H,4H2,1-3H3. The Morgan fingerprint density at radius 3 is 2.75 bits per heavy atom. The van der Waals surface area contributed by atoms with Crippen molar-refractivity contribution in [2.75, 3.05) is 14.2 Å². The minimum Gasteiger partial charge on any atom is -0.389 e. The lowest BCUT2D eigenvalue weighted by Crippen LogP contribution is -2.52. The molecular weight excluding hydrogens is 158 g/mol. The molecule has 72 valence electrons. The van der Waals surface area contributed by atoms with E-state index < -0.39 is 6.10 Å². The van der Waals surface area contributed by atoms with Gasteiger partial charge in [-0.2, -0.15) is 0 Å². The fourth-order valence-electron chi connectivity index (χ4n) is 1.49. The normalized spacial score (nSPS) is 43.0. The number of ether oxygens (including phenoxy) is 2. The van der Waals surface area contributed by atoms with Crippen molar-refractivity contribution in [3.8, 4) is 0 Å². The molecule has 1 fully saturated rings. The highest BCUT2D eigenvalue weighted by atomic mass is 16.7. The minimum atomic E-state index is -0.443. The number of likely N-dealkylation sites (N-methyl/N-ethyl adjacent to an activating group) is 1. The predicted molar refractivity (Wildman–Crippen MR) is 44.8 cm³/mol. The van der Waals surface area contributed by atoms with Crippen LogP contribution in [0.25, 0.3) is 0 Å². The average Bonchev–Trinajstić information content (AvgIpc) is 2.09. The van der Waals surface area contributed by atoms with Crippen LogP contribution in [0.2, 0.25) is 0 Å². The molecule has 2 N–H and O–H groups in total. The van der Waals surface area contributed by atoms with E-state index in [9.17, 15) is 5.11 Å². The summed E-state index contributed by atoms with van der Waals surface area (Å²) >= 11 is 0. The molecule has 0 spiro atoms. The smallest absolute Gasteiger partial charge is 0.159 e. The van der Waals surface area contributed by atoms with Crippen molar-refractivity contribution in [2.45, 2.75) is 37.9 Å². The van der Waals surface area contributed by atoms with E-state index in [0.717, 1.165) is 0 Å². The van der Waals surface area contributed by atoms with Crippen LogP contribution in [0.4, 0.5) is 0 Å². The third kappa shape index (κ3) is 1.95. The predicted octanol–water partition coefficient (Wildman–Crippen LogP) is -0.283. The molecule has 0 aromatic heterocycles. The van der Waals surface area contributed by atoms with Gasteiger partial charge in [0, 0.05) is 19.6 Å². The first kappa shape index (κ1) is 9.92. The summed E-state index contributed by atoms with van der Waals surface area (Å²) in [7, 11) is 3.44. The first-order valence-corrected chi connectivity index (χ1v) is 4.22. The lowest BCUT2D eigenvalue weighted by Gasteiger charge is -2.36. The lowest BCUT2D eigenvalue weighted by atomic mass is 10.00.